The molecule has 2 aliphatic rings. The molecular weight excluding hydrogens is 626 g/mol. The number of hydrogen-bond donors (Lipinski definition) is 1. The summed E-state index contributed by atoms with van der Waals surface area (Å²) in [6, 6.07) is 11.7. The number of aliphatic hydroxyl groups excluding tert-OH is 1. The minimum atomic E-state index is -4.73. The predicted molar refractivity (Wildman–Crippen MR) is 165 cm³/mol. The second-order valence-electron chi connectivity index (χ2n) is 10.8. The fourth-order valence-corrected chi connectivity index (χ4v) is 7.94. The Balaban J connectivity index is 1.90. The first-order valence-electron chi connectivity index (χ1n) is 13.8. The molecule has 0 aliphatic carbocycles. The molecule has 45 heavy (non-hydrogen) atoms. The maximum atomic E-state index is 15.3. The van der Waals surface area contributed by atoms with Crippen LogP contribution in [0.5, 0.6) is 17.2 Å². The van der Waals surface area contributed by atoms with E-state index in [9.17, 15) is 23.1 Å². The first kappa shape index (κ1) is 32.2. The maximum absolute atomic E-state index is 15.3. The van der Waals surface area contributed by atoms with Gasteiger partial charge in [0, 0.05) is 48.4 Å². The summed E-state index contributed by atoms with van der Waals surface area (Å²) in [4.78, 5) is 43.4. The molecule has 0 radical (unpaired) electrons. The van der Waals surface area contributed by atoms with E-state index in [2.05, 4.69) is 0 Å². The van der Waals surface area contributed by atoms with E-state index < -0.39 is 39.5 Å². The molecule has 2 heterocycles. The Morgan fingerprint density at radius 2 is 1.71 bits per heavy atom. The van der Waals surface area contributed by atoms with Crippen molar-refractivity contribution in [1.29, 1.82) is 0 Å². The van der Waals surface area contributed by atoms with Crippen LogP contribution in [0.4, 0.5) is 5.69 Å². The summed E-state index contributed by atoms with van der Waals surface area (Å²) in [5.41, 5.74) is -1.78. The van der Waals surface area contributed by atoms with Crippen LogP contribution in [-0.2, 0) is 25.2 Å². The van der Waals surface area contributed by atoms with Gasteiger partial charge in [0.15, 0.2) is 5.54 Å². The van der Waals surface area contributed by atoms with Crippen LogP contribution < -0.4 is 18.5 Å². The number of rotatable bonds is 9. The van der Waals surface area contributed by atoms with Crippen LogP contribution in [0.2, 0.25) is 5.02 Å². The van der Waals surface area contributed by atoms with Gasteiger partial charge in [0.1, 0.15) is 28.4 Å². The van der Waals surface area contributed by atoms with Crippen molar-refractivity contribution in [3.05, 3.63) is 76.3 Å². The molecular formula is C31H32ClN3O9S. The molecule has 5 rings (SSSR count). The number of likely N-dealkylation sites (N-methyl/N-ethyl adjacent to an activating group) is 1. The Hall–Kier alpha value is -4.17. The fraction of sp³-hybridized carbons (Fsp3) is 0.323. The van der Waals surface area contributed by atoms with E-state index in [0.717, 1.165) is 0 Å². The first-order valence-corrected chi connectivity index (χ1v) is 15.6. The number of anilines is 1. The van der Waals surface area contributed by atoms with Crippen molar-refractivity contribution in [2.24, 2.45) is 0 Å². The average molecular weight is 658 g/mol. The van der Waals surface area contributed by atoms with Gasteiger partial charge in [-0.1, -0.05) is 11.6 Å². The number of methoxy groups -OCH3 is 3. The van der Waals surface area contributed by atoms with E-state index in [0.29, 0.717) is 16.3 Å². The molecule has 2 aliphatic heterocycles. The predicted octanol–water partition coefficient (Wildman–Crippen LogP) is 2.68. The van der Waals surface area contributed by atoms with Crippen molar-refractivity contribution < 1.29 is 42.1 Å². The van der Waals surface area contributed by atoms with Crippen molar-refractivity contribution in [2.75, 3.05) is 46.3 Å². The molecule has 0 spiro atoms. The van der Waals surface area contributed by atoms with Crippen molar-refractivity contribution in [1.82, 2.24) is 9.80 Å². The molecule has 3 aromatic carbocycles. The second-order valence-corrected chi connectivity index (χ2v) is 13.0. The number of carbonyl (C=O) groups excluding carboxylic acids is 3. The number of sulfonamides is 1. The van der Waals surface area contributed by atoms with Crippen molar-refractivity contribution in [3.63, 3.8) is 0 Å². The van der Waals surface area contributed by atoms with E-state index in [1.54, 1.807) is 14.1 Å². The van der Waals surface area contributed by atoms with Crippen LogP contribution in [0, 0.1) is 0 Å². The molecule has 3 atom stereocenters. The van der Waals surface area contributed by atoms with E-state index in [-0.39, 0.29) is 56.8 Å². The van der Waals surface area contributed by atoms with Gasteiger partial charge in [-0.2, -0.15) is 0 Å². The SMILES string of the molecule is COc1ccc(S(=O)(=O)N2C(=O)C(c3cc(C=O)ccc3OC)(N3C[C@H](O)C[C@H]3C(=O)N(C)C)c3cc(Cl)ccc32)c(OC)c1. The highest BCUT2D eigenvalue weighted by Crippen LogP contribution is 2.55. The monoisotopic (exact) mass is 657 g/mol. The number of carbonyl (C=O) groups is 3. The Labute approximate surface area is 265 Å². The van der Waals surface area contributed by atoms with Gasteiger partial charge in [-0.15, -0.1) is 0 Å². The van der Waals surface area contributed by atoms with Gasteiger partial charge < -0.3 is 24.2 Å². The number of aldehydes is 1. The Morgan fingerprint density at radius 3 is 2.33 bits per heavy atom. The fourth-order valence-electron chi connectivity index (χ4n) is 6.16. The van der Waals surface area contributed by atoms with Crippen molar-refractivity contribution in [3.8, 4) is 17.2 Å². The van der Waals surface area contributed by atoms with Gasteiger partial charge in [0.05, 0.1) is 39.2 Å². The van der Waals surface area contributed by atoms with Crippen LogP contribution >= 0.6 is 11.6 Å². The molecule has 0 saturated carbocycles. The van der Waals surface area contributed by atoms with Crippen LogP contribution in [0.1, 0.15) is 27.9 Å². The summed E-state index contributed by atoms with van der Waals surface area (Å²) in [6.45, 7) is -0.198. The Bertz CT molecular complexity index is 1800. The smallest absolute Gasteiger partial charge is 0.274 e. The number of β-amino-alcohol motifs (C(OH)–C–C–N with tert-alkyl or cyclic N) is 1. The molecule has 1 N–H and O–H groups in total. The van der Waals surface area contributed by atoms with E-state index in [4.69, 9.17) is 25.8 Å². The highest BCUT2D eigenvalue weighted by Gasteiger charge is 2.64. The summed E-state index contributed by atoms with van der Waals surface area (Å²) in [5, 5.41) is 11.1. The van der Waals surface area contributed by atoms with Crippen molar-refractivity contribution in [2.45, 2.75) is 29.0 Å². The molecule has 1 fully saturated rings. The van der Waals surface area contributed by atoms with Crippen LogP contribution in [0.25, 0.3) is 0 Å². The number of amides is 2. The highest BCUT2D eigenvalue weighted by atomic mass is 35.5. The molecule has 12 nitrogen and oxygen atoms in total. The third kappa shape index (κ3) is 4.99. The number of nitrogens with zero attached hydrogens (tertiary/aromatic N) is 3. The summed E-state index contributed by atoms with van der Waals surface area (Å²) < 4.78 is 46.1. The Kier molecular flexibility index (Phi) is 8.57. The molecule has 238 valence electrons. The molecule has 14 heteroatoms. The third-order valence-corrected chi connectivity index (χ3v) is 10.1. The molecule has 1 saturated heterocycles. The Morgan fingerprint density at radius 1 is 1.00 bits per heavy atom. The van der Waals surface area contributed by atoms with E-state index in [1.807, 2.05) is 0 Å². The van der Waals surface area contributed by atoms with Crippen LogP contribution in [-0.4, -0.2) is 95.5 Å². The lowest BCUT2D eigenvalue weighted by atomic mass is 9.80. The van der Waals surface area contributed by atoms with Gasteiger partial charge in [0.2, 0.25) is 5.91 Å². The summed E-state index contributed by atoms with van der Waals surface area (Å²) in [7, 11) is 2.42. The summed E-state index contributed by atoms with van der Waals surface area (Å²) >= 11 is 6.52. The first-order chi connectivity index (χ1) is 21.4. The lowest BCUT2D eigenvalue weighted by Gasteiger charge is -2.42. The molecule has 3 aromatic rings. The van der Waals surface area contributed by atoms with Gasteiger partial charge in [-0.25, -0.2) is 12.7 Å². The maximum Gasteiger partial charge on any atom is 0.274 e. The number of ether oxygens (including phenoxy) is 3. The third-order valence-electron chi connectivity index (χ3n) is 8.14. The molecule has 0 aromatic heterocycles. The zero-order valence-corrected chi connectivity index (χ0v) is 26.8. The number of hydrogen-bond acceptors (Lipinski definition) is 10. The number of fused-ring (bicyclic) bond motifs is 1. The normalized spacial score (nSPS) is 21.4. The average Bonchev–Trinajstić information content (AvgIpc) is 3.54. The quantitative estimate of drug-likeness (QED) is 0.341. The van der Waals surface area contributed by atoms with Gasteiger partial charge >= 0.3 is 0 Å². The summed E-state index contributed by atoms with van der Waals surface area (Å²) in [5.74, 6) is -1.03. The number of benzene rings is 3. The minimum absolute atomic E-state index is 0.0433. The lowest BCUT2D eigenvalue weighted by molar-refractivity contribution is -0.138. The zero-order chi connectivity index (χ0) is 32.8. The van der Waals surface area contributed by atoms with E-state index >= 15 is 4.79 Å². The van der Waals surface area contributed by atoms with E-state index in [1.165, 1.54) is 85.7 Å². The van der Waals surface area contributed by atoms with Crippen molar-refractivity contribution >= 4 is 45.4 Å². The number of likely N-dealkylation sites (tertiary alicyclic amines) is 1. The second kappa shape index (κ2) is 12.0. The minimum Gasteiger partial charge on any atom is -0.497 e. The number of halogens is 1. The van der Waals surface area contributed by atoms with Crippen LogP contribution in [0.15, 0.2) is 59.5 Å². The highest BCUT2D eigenvalue weighted by molar-refractivity contribution is 7.93. The van der Waals surface area contributed by atoms with Crippen LogP contribution in [0.3, 0.4) is 0 Å². The molecule has 2 amide bonds. The molecule has 0 bridgehead atoms. The molecule has 1 unspecified atom stereocenters. The standard InChI is InChI=1S/C31H32ClN3O9S/c1-33(2)29(38)25-14-20(37)16-34(25)31(23-12-18(17-36)6-10-26(23)43-4)22-13-19(32)7-9-24(22)35(30(31)39)45(40,41)28-11-8-21(42-3)15-27(28)44-5/h6-13,15,17,20,25,37H,14,16H2,1-5H3/t20-,25+,31?/m1/s1. The lowest BCUT2D eigenvalue weighted by Crippen LogP contribution is -2.59. The van der Waals surface area contributed by atoms with Gasteiger partial charge in [0.25, 0.3) is 15.9 Å². The van der Waals surface area contributed by atoms with Gasteiger partial charge in [-0.05, 0) is 55.0 Å². The zero-order valence-electron chi connectivity index (χ0n) is 25.2. The topological polar surface area (TPSA) is 143 Å². The summed E-state index contributed by atoms with van der Waals surface area (Å²) in [6.07, 6.45) is -0.525. The van der Waals surface area contributed by atoms with Gasteiger partial charge in [-0.3, -0.25) is 19.3 Å². The number of aliphatic hydroxyl groups is 1. The largest absolute Gasteiger partial charge is 0.497 e.